The van der Waals surface area contributed by atoms with E-state index in [0.29, 0.717) is 13.1 Å². The molecule has 5 heteroatoms. The van der Waals surface area contributed by atoms with E-state index in [9.17, 15) is 4.79 Å². The maximum atomic E-state index is 13.2. The van der Waals surface area contributed by atoms with Crippen LogP contribution < -0.4 is 0 Å². The third kappa shape index (κ3) is 3.03. The Kier molecular flexibility index (Phi) is 4.31. The van der Waals surface area contributed by atoms with Crippen molar-refractivity contribution in [3.8, 4) is 11.5 Å². The van der Waals surface area contributed by atoms with Crippen LogP contribution in [0.15, 0.2) is 67.0 Å². The molecular weight excluding hydrogens is 372 g/mol. The number of amides is 1. The second-order valence-corrected chi connectivity index (χ2v) is 8.05. The molecule has 0 atom stereocenters. The lowest BCUT2D eigenvalue weighted by molar-refractivity contribution is 0.0749. The second kappa shape index (κ2) is 7.02. The Hall–Kier alpha value is -3.60. The Morgan fingerprint density at radius 3 is 2.33 bits per heavy atom. The van der Waals surface area contributed by atoms with Gasteiger partial charge >= 0.3 is 0 Å². The van der Waals surface area contributed by atoms with Crippen LogP contribution in [0, 0.1) is 20.8 Å². The molecule has 30 heavy (non-hydrogen) atoms. The molecule has 0 radical (unpaired) electrons. The molecule has 4 aromatic rings. The molecule has 3 heterocycles. The topological polar surface area (TPSA) is 43.1 Å². The second-order valence-electron chi connectivity index (χ2n) is 8.05. The number of carbonyl (C=O) groups is 1. The van der Waals surface area contributed by atoms with Gasteiger partial charge < -0.3 is 9.47 Å². The van der Waals surface area contributed by atoms with Crippen molar-refractivity contribution >= 4 is 5.91 Å². The van der Waals surface area contributed by atoms with Crippen LogP contribution in [-0.2, 0) is 13.1 Å². The van der Waals surface area contributed by atoms with Crippen molar-refractivity contribution in [2.24, 2.45) is 0 Å². The predicted molar refractivity (Wildman–Crippen MR) is 117 cm³/mol. The predicted octanol–water partition coefficient (Wildman–Crippen LogP) is 4.74. The van der Waals surface area contributed by atoms with Gasteiger partial charge in [0.05, 0.1) is 24.5 Å². The molecule has 5 rings (SSSR count). The number of rotatable bonds is 3. The molecular formula is C25H24N4O. The van der Waals surface area contributed by atoms with E-state index in [1.54, 1.807) is 0 Å². The quantitative estimate of drug-likeness (QED) is 0.502. The van der Waals surface area contributed by atoms with Crippen LogP contribution in [-0.4, -0.2) is 25.2 Å². The molecule has 0 unspecified atom stereocenters. The van der Waals surface area contributed by atoms with Crippen molar-refractivity contribution in [3.63, 3.8) is 0 Å². The Morgan fingerprint density at radius 1 is 0.900 bits per heavy atom. The zero-order valence-electron chi connectivity index (χ0n) is 17.5. The Balaban J connectivity index is 1.53. The van der Waals surface area contributed by atoms with Crippen LogP contribution in [0.25, 0.3) is 11.5 Å². The molecule has 0 fully saturated rings. The summed E-state index contributed by atoms with van der Waals surface area (Å²) in [6.07, 6.45) is 4.05. The minimum atomic E-state index is 0.0523. The molecule has 0 bridgehead atoms. The van der Waals surface area contributed by atoms with E-state index in [4.69, 9.17) is 5.10 Å². The maximum absolute atomic E-state index is 13.2. The first-order chi connectivity index (χ1) is 14.5. The van der Waals surface area contributed by atoms with Crippen molar-refractivity contribution in [3.05, 3.63) is 101 Å². The highest BCUT2D eigenvalue weighted by Gasteiger charge is 2.31. The summed E-state index contributed by atoms with van der Waals surface area (Å²) >= 11 is 0. The van der Waals surface area contributed by atoms with Crippen LogP contribution in [0.3, 0.4) is 0 Å². The molecule has 0 spiro atoms. The molecule has 1 amide bonds. The summed E-state index contributed by atoms with van der Waals surface area (Å²) in [5.74, 6) is 1.05. The van der Waals surface area contributed by atoms with Crippen LogP contribution >= 0.6 is 0 Å². The van der Waals surface area contributed by atoms with Gasteiger partial charge in [0.2, 0.25) is 0 Å². The first-order valence-corrected chi connectivity index (χ1v) is 10.2. The summed E-state index contributed by atoms with van der Waals surface area (Å²) in [6.45, 7) is 7.26. The fourth-order valence-corrected chi connectivity index (χ4v) is 4.01. The highest BCUT2D eigenvalue weighted by atomic mass is 16.2. The van der Waals surface area contributed by atoms with Gasteiger partial charge in [-0.2, -0.15) is 5.10 Å². The van der Waals surface area contributed by atoms with Crippen LogP contribution in [0.5, 0.6) is 0 Å². The maximum Gasteiger partial charge on any atom is 0.254 e. The van der Waals surface area contributed by atoms with Crippen LogP contribution in [0.4, 0.5) is 0 Å². The minimum absolute atomic E-state index is 0.0523. The molecule has 1 aliphatic rings. The van der Waals surface area contributed by atoms with E-state index in [1.807, 2.05) is 59.2 Å². The summed E-state index contributed by atoms with van der Waals surface area (Å²) in [4.78, 5) is 15.0. The third-order valence-corrected chi connectivity index (χ3v) is 5.90. The SMILES string of the molecule is Cc1ccc(-n2nc3c(c2-n2cccc2)CN(C(=O)c2ccc(C)c(C)c2)C3)cc1. The normalized spacial score (nSPS) is 13.0. The van der Waals surface area contributed by atoms with Gasteiger partial charge in [0.25, 0.3) is 5.91 Å². The van der Waals surface area contributed by atoms with Crippen LogP contribution in [0.2, 0.25) is 0 Å². The third-order valence-electron chi connectivity index (χ3n) is 5.90. The van der Waals surface area contributed by atoms with E-state index in [-0.39, 0.29) is 5.91 Å². The summed E-state index contributed by atoms with van der Waals surface area (Å²) in [6, 6.07) is 18.3. The van der Waals surface area contributed by atoms with Gasteiger partial charge in [-0.15, -0.1) is 0 Å². The van der Waals surface area contributed by atoms with E-state index in [1.165, 1.54) is 11.1 Å². The molecule has 2 aromatic carbocycles. The van der Waals surface area contributed by atoms with Crippen LogP contribution in [0.1, 0.15) is 38.3 Å². The lowest BCUT2D eigenvalue weighted by Crippen LogP contribution is -2.26. The van der Waals surface area contributed by atoms with Gasteiger partial charge in [-0.25, -0.2) is 4.68 Å². The number of nitrogens with zero attached hydrogens (tertiary/aromatic N) is 4. The number of hydrogen-bond acceptors (Lipinski definition) is 2. The van der Waals surface area contributed by atoms with Gasteiger partial charge in [0.15, 0.2) is 0 Å². The zero-order valence-corrected chi connectivity index (χ0v) is 17.5. The fraction of sp³-hybridized carbons (Fsp3) is 0.200. The van der Waals surface area contributed by atoms with Gasteiger partial charge in [0.1, 0.15) is 5.82 Å². The van der Waals surface area contributed by atoms with Gasteiger partial charge in [-0.3, -0.25) is 4.79 Å². The smallest absolute Gasteiger partial charge is 0.254 e. The van der Waals surface area contributed by atoms with Crippen molar-refractivity contribution < 1.29 is 4.79 Å². The number of benzene rings is 2. The summed E-state index contributed by atoms with van der Waals surface area (Å²) in [5, 5.41) is 4.91. The highest BCUT2D eigenvalue weighted by molar-refractivity contribution is 5.94. The zero-order chi connectivity index (χ0) is 20.8. The molecule has 0 saturated heterocycles. The molecule has 0 saturated carbocycles. The molecule has 0 N–H and O–H groups in total. The number of carbonyl (C=O) groups excluding carboxylic acids is 1. The van der Waals surface area contributed by atoms with Crippen molar-refractivity contribution in [1.82, 2.24) is 19.2 Å². The largest absolute Gasteiger partial charge is 0.328 e. The first kappa shape index (κ1) is 18.4. The summed E-state index contributed by atoms with van der Waals surface area (Å²) in [5.41, 5.74) is 7.35. The molecule has 2 aromatic heterocycles. The lowest BCUT2D eigenvalue weighted by Gasteiger charge is -2.18. The van der Waals surface area contributed by atoms with Gasteiger partial charge in [-0.1, -0.05) is 23.8 Å². The van der Waals surface area contributed by atoms with Gasteiger partial charge in [0, 0.05) is 23.5 Å². The Morgan fingerprint density at radius 2 is 1.63 bits per heavy atom. The lowest BCUT2D eigenvalue weighted by atomic mass is 10.1. The monoisotopic (exact) mass is 396 g/mol. The van der Waals surface area contributed by atoms with Gasteiger partial charge in [-0.05, 0) is 68.3 Å². The molecule has 5 nitrogen and oxygen atoms in total. The average molecular weight is 396 g/mol. The highest BCUT2D eigenvalue weighted by Crippen LogP contribution is 2.31. The minimum Gasteiger partial charge on any atom is -0.328 e. The number of fused-ring (bicyclic) bond motifs is 1. The van der Waals surface area contributed by atoms with Crippen molar-refractivity contribution in [2.45, 2.75) is 33.9 Å². The van der Waals surface area contributed by atoms with E-state index in [0.717, 1.165) is 33.9 Å². The Bertz CT molecular complexity index is 1230. The number of aryl methyl sites for hydroxylation is 3. The van der Waals surface area contributed by atoms with E-state index < -0.39 is 0 Å². The molecule has 1 aliphatic heterocycles. The number of hydrogen-bond donors (Lipinski definition) is 0. The van der Waals surface area contributed by atoms with Crippen molar-refractivity contribution in [1.29, 1.82) is 0 Å². The first-order valence-electron chi connectivity index (χ1n) is 10.2. The van der Waals surface area contributed by atoms with E-state index in [2.05, 4.69) is 42.7 Å². The molecule has 150 valence electrons. The summed E-state index contributed by atoms with van der Waals surface area (Å²) in [7, 11) is 0. The standard InChI is InChI=1S/C25H24N4O/c1-17-6-10-21(11-7-17)29-24(27-12-4-5-13-27)22-15-28(16-23(22)26-29)25(30)20-9-8-18(2)19(3)14-20/h4-14H,15-16H2,1-3H3. The average Bonchev–Trinajstić information content (AvgIpc) is 3.46. The van der Waals surface area contributed by atoms with Crippen molar-refractivity contribution in [2.75, 3.05) is 0 Å². The van der Waals surface area contributed by atoms with E-state index >= 15 is 0 Å². The Labute approximate surface area is 176 Å². The number of aromatic nitrogens is 3. The summed E-state index contributed by atoms with van der Waals surface area (Å²) < 4.78 is 4.07. The fourth-order valence-electron chi connectivity index (χ4n) is 4.01. The molecule has 0 aliphatic carbocycles.